The van der Waals surface area contributed by atoms with Crippen LogP contribution in [0.5, 0.6) is 0 Å². The fraction of sp³-hybridized carbons (Fsp3) is 0.444. The van der Waals surface area contributed by atoms with Crippen LogP contribution in [0.1, 0.15) is 19.4 Å². The lowest BCUT2D eigenvalue weighted by molar-refractivity contribution is 0.606. The van der Waals surface area contributed by atoms with E-state index < -0.39 is 0 Å². The van der Waals surface area contributed by atoms with Gasteiger partial charge in [-0.1, -0.05) is 36.4 Å². The molecule has 0 saturated heterocycles. The highest BCUT2D eigenvalue weighted by Crippen LogP contribution is 2.24. The monoisotopic (exact) mass is 228 g/mol. The fourth-order valence-corrected chi connectivity index (χ4v) is 1.19. The molecule has 66 valence electrons. The lowest BCUT2D eigenvalue weighted by atomic mass is 9.90. The van der Waals surface area contributed by atoms with Crippen molar-refractivity contribution >= 4 is 22.1 Å². The molecule has 1 rings (SSSR count). The Kier molecular flexibility index (Phi) is 2.73. The van der Waals surface area contributed by atoms with Crippen molar-refractivity contribution in [3.8, 4) is 0 Å². The van der Waals surface area contributed by atoms with Gasteiger partial charge in [0.15, 0.2) is 0 Å². The zero-order valence-corrected chi connectivity index (χ0v) is 9.00. The zero-order chi connectivity index (χ0) is 9.19. The molecule has 0 aliphatic heterocycles. The summed E-state index contributed by atoms with van der Waals surface area (Å²) in [6, 6.07) is 0. The molecule has 0 aliphatic rings. The van der Waals surface area contributed by atoms with Crippen LogP contribution >= 0.6 is 15.9 Å². The Morgan fingerprint density at radius 3 is 2.83 bits per heavy atom. The molecule has 1 aromatic rings. The molecule has 0 amide bonds. The molecule has 1 aromatic heterocycles. The Morgan fingerprint density at radius 1 is 1.75 bits per heavy atom. The van der Waals surface area contributed by atoms with Crippen LogP contribution in [0.4, 0.5) is 0 Å². The van der Waals surface area contributed by atoms with E-state index in [1.807, 2.05) is 12.4 Å². The van der Waals surface area contributed by atoms with Gasteiger partial charge in [-0.3, -0.25) is 0 Å². The summed E-state index contributed by atoms with van der Waals surface area (Å²) in [6.45, 7) is 7.99. The number of nitrogens with zero attached hydrogens (tertiary/aromatic N) is 2. The molecule has 2 nitrogen and oxygen atoms in total. The van der Waals surface area contributed by atoms with Crippen LogP contribution < -0.4 is 0 Å². The van der Waals surface area contributed by atoms with Crippen LogP contribution in [0.3, 0.4) is 0 Å². The van der Waals surface area contributed by atoms with Gasteiger partial charge in [0.25, 0.3) is 0 Å². The van der Waals surface area contributed by atoms with Gasteiger partial charge in [0.1, 0.15) is 0 Å². The second-order valence-electron chi connectivity index (χ2n) is 3.41. The topological polar surface area (TPSA) is 17.8 Å². The summed E-state index contributed by atoms with van der Waals surface area (Å²) >= 11 is 3.48. The van der Waals surface area contributed by atoms with Crippen molar-refractivity contribution in [2.75, 3.05) is 5.33 Å². The molecule has 0 aliphatic carbocycles. The molecular weight excluding hydrogens is 216 g/mol. The van der Waals surface area contributed by atoms with Gasteiger partial charge >= 0.3 is 0 Å². The Hall–Kier alpha value is -0.570. The van der Waals surface area contributed by atoms with E-state index in [1.165, 1.54) is 5.56 Å². The first-order valence-corrected chi connectivity index (χ1v) is 4.95. The molecule has 0 spiro atoms. The van der Waals surface area contributed by atoms with Gasteiger partial charge in [-0.25, -0.2) is 4.68 Å². The van der Waals surface area contributed by atoms with Crippen molar-refractivity contribution < 1.29 is 0 Å². The van der Waals surface area contributed by atoms with Gasteiger partial charge in [0.05, 0.1) is 6.20 Å². The summed E-state index contributed by atoms with van der Waals surface area (Å²) < 4.78 is 1.72. The maximum absolute atomic E-state index is 4.13. The summed E-state index contributed by atoms with van der Waals surface area (Å²) in [4.78, 5) is 0. The zero-order valence-electron chi connectivity index (χ0n) is 7.42. The van der Waals surface area contributed by atoms with Crippen LogP contribution in [0.15, 0.2) is 19.0 Å². The molecule has 12 heavy (non-hydrogen) atoms. The van der Waals surface area contributed by atoms with E-state index in [0.717, 1.165) is 5.33 Å². The smallest absolute Gasteiger partial charge is 0.0531 e. The molecule has 0 atom stereocenters. The van der Waals surface area contributed by atoms with Crippen LogP contribution in [0.25, 0.3) is 6.20 Å². The Labute approximate surface area is 81.4 Å². The van der Waals surface area contributed by atoms with Crippen molar-refractivity contribution in [1.82, 2.24) is 9.78 Å². The number of halogens is 1. The van der Waals surface area contributed by atoms with E-state index in [4.69, 9.17) is 0 Å². The van der Waals surface area contributed by atoms with Crippen LogP contribution in [0.2, 0.25) is 0 Å². The summed E-state index contributed by atoms with van der Waals surface area (Å²) in [5.41, 5.74) is 1.36. The van der Waals surface area contributed by atoms with E-state index in [-0.39, 0.29) is 5.41 Å². The first-order valence-electron chi connectivity index (χ1n) is 3.83. The quantitative estimate of drug-likeness (QED) is 0.728. The number of hydrogen-bond acceptors (Lipinski definition) is 1. The van der Waals surface area contributed by atoms with Crippen LogP contribution in [-0.4, -0.2) is 15.1 Å². The summed E-state index contributed by atoms with van der Waals surface area (Å²) in [6.07, 6.45) is 5.56. The third-order valence-corrected chi connectivity index (χ3v) is 3.31. The second kappa shape index (κ2) is 3.44. The van der Waals surface area contributed by atoms with Crippen LogP contribution in [0, 0.1) is 0 Å². The van der Waals surface area contributed by atoms with Crippen LogP contribution in [-0.2, 0) is 5.41 Å². The molecule has 3 heteroatoms. The molecule has 0 radical (unpaired) electrons. The average Bonchev–Trinajstić information content (AvgIpc) is 2.52. The van der Waals surface area contributed by atoms with Gasteiger partial charge in [0, 0.05) is 23.1 Å². The number of hydrogen-bond donors (Lipinski definition) is 0. The molecule has 0 bridgehead atoms. The number of rotatable bonds is 3. The molecule has 0 unspecified atom stereocenters. The maximum Gasteiger partial charge on any atom is 0.0531 e. The standard InChI is InChI=1S/C9H13BrN2/c1-4-12-6-8(5-11-12)9(2,3)7-10/h4-6H,1,7H2,2-3H3. The van der Waals surface area contributed by atoms with E-state index in [9.17, 15) is 0 Å². The number of aromatic nitrogens is 2. The fourth-order valence-electron chi connectivity index (χ4n) is 0.865. The predicted molar refractivity (Wildman–Crippen MR) is 55.4 cm³/mol. The lowest BCUT2D eigenvalue weighted by Crippen LogP contribution is -2.17. The molecule has 0 fully saturated rings. The molecule has 0 saturated carbocycles. The Bertz CT molecular complexity index is 276. The summed E-state index contributed by atoms with van der Waals surface area (Å²) in [7, 11) is 0. The minimum Gasteiger partial charge on any atom is -0.249 e. The summed E-state index contributed by atoms with van der Waals surface area (Å²) in [5, 5.41) is 5.06. The molecule has 0 aromatic carbocycles. The van der Waals surface area contributed by atoms with E-state index in [0.29, 0.717) is 0 Å². The van der Waals surface area contributed by atoms with E-state index >= 15 is 0 Å². The van der Waals surface area contributed by atoms with Crippen molar-refractivity contribution in [1.29, 1.82) is 0 Å². The second-order valence-corrected chi connectivity index (χ2v) is 3.97. The highest BCUT2D eigenvalue weighted by Gasteiger charge is 2.20. The lowest BCUT2D eigenvalue weighted by Gasteiger charge is -2.18. The maximum atomic E-state index is 4.13. The van der Waals surface area contributed by atoms with E-state index in [2.05, 4.69) is 41.5 Å². The minimum absolute atomic E-state index is 0.140. The highest BCUT2D eigenvalue weighted by atomic mass is 79.9. The van der Waals surface area contributed by atoms with Gasteiger partial charge in [-0.2, -0.15) is 5.10 Å². The Balaban J connectivity index is 2.95. The number of alkyl halides is 1. The average molecular weight is 229 g/mol. The largest absolute Gasteiger partial charge is 0.249 e. The predicted octanol–water partition coefficient (Wildman–Crippen LogP) is 2.66. The first-order chi connectivity index (χ1) is 5.60. The normalized spacial score (nSPS) is 11.6. The van der Waals surface area contributed by atoms with Gasteiger partial charge in [0.2, 0.25) is 0 Å². The molecular formula is C9H13BrN2. The SMILES string of the molecule is C=Cn1cc(C(C)(C)CBr)cn1. The van der Waals surface area contributed by atoms with Crippen molar-refractivity contribution in [3.63, 3.8) is 0 Å². The van der Waals surface area contributed by atoms with Gasteiger partial charge in [-0.05, 0) is 5.56 Å². The minimum atomic E-state index is 0.140. The molecule has 1 heterocycles. The third kappa shape index (κ3) is 1.78. The van der Waals surface area contributed by atoms with E-state index in [1.54, 1.807) is 10.9 Å². The third-order valence-electron chi connectivity index (χ3n) is 1.90. The van der Waals surface area contributed by atoms with Crippen molar-refractivity contribution in [3.05, 3.63) is 24.5 Å². The first kappa shape index (κ1) is 9.52. The van der Waals surface area contributed by atoms with Crippen molar-refractivity contribution in [2.45, 2.75) is 19.3 Å². The molecule has 0 N–H and O–H groups in total. The van der Waals surface area contributed by atoms with Gasteiger partial charge in [-0.15, -0.1) is 0 Å². The summed E-state index contributed by atoms with van der Waals surface area (Å²) in [5.74, 6) is 0. The highest BCUT2D eigenvalue weighted by molar-refractivity contribution is 9.09. The Morgan fingerprint density at radius 2 is 2.42 bits per heavy atom. The van der Waals surface area contributed by atoms with Gasteiger partial charge < -0.3 is 0 Å². The van der Waals surface area contributed by atoms with Crippen molar-refractivity contribution in [2.24, 2.45) is 0 Å².